The second-order valence-corrected chi connectivity index (χ2v) is 4.49. The highest BCUT2D eigenvalue weighted by Gasteiger charge is 2.08. The van der Waals surface area contributed by atoms with Crippen LogP contribution in [0.4, 0.5) is 5.69 Å². The van der Waals surface area contributed by atoms with Crippen molar-refractivity contribution >= 4 is 17.6 Å². The predicted molar refractivity (Wildman–Crippen MR) is 83.0 cm³/mol. The van der Waals surface area contributed by atoms with Crippen molar-refractivity contribution in [3.8, 4) is 6.07 Å². The van der Waals surface area contributed by atoms with Crippen molar-refractivity contribution in [3.63, 3.8) is 0 Å². The van der Waals surface area contributed by atoms with Crippen molar-refractivity contribution in [2.75, 3.05) is 19.0 Å². The van der Waals surface area contributed by atoms with Crippen LogP contribution in [0.25, 0.3) is 0 Å². The van der Waals surface area contributed by atoms with Crippen LogP contribution in [-0.4, -0.2) is 25.5 Å². The zero-order chi connectivity index (χ0) is 16.4. The Labute approximate surface area is 129 Å². The summed E-state index contributed by atoms with van der Waals surface area (Å²) in [4.78, 5) is 23.1. The number of nitrogens with one attached hydrogen (secondary N) is 2. The lowest BCUT2D eigenvalue weighted by molar-refractivity contribution is -0.117. The van der Waals surface area contributed by atoms with E-state index in [1.165, 1.54) is 13.3 Å². The van der Waals surface area contributed by atoms with Gasteiger partial charge in [-0.1, -0.05) is 13.3 Å². The fourth-order valence-corrected chi connectivity index (χ4v) is 1.60. The number of anilines is 1. The Balaban J connectivity index is 2.66. The van der Waals surface area contributed by atoms with Crippen LogP contribution in [0.15, 0.2) is 36.0 Å². The SMILES string of the molecule is CCCCNC(=O)/C(C#N)=C/Nc1ccc(C(=O)OC)cc1. The molecule has 22 heavy (non-hydrogen) atoms. The molecule has 1 aromatic carbocycles. The summed E-state index contributed by atoms with van der Waals surface area (Å²) >= 11 is 0. The van der Waals surface area contributed by atoms with Gasteiger partial charge in [-0.3, -0.25) is 4.79 Å². The Bertz CT molecular complexity index is 586. The molecule has 0 saturated carbocycles. The number of ether oxygens (including phenoxy) is 1. The van der Waals surface area contributed by atoms with Gasteiger partial charge in [-0.15, -0.1) is 0 Å². The molecule has 0 bridgehead atoms. The van der Waals surface area contributed by atoms with Gasteiger partial charge in [0.15, 0.2) is 0 Å². The highest BCUT2D eigenvalue weighted by Crippen LogP contribution is 2.11. The average Bonchev–Trinajstić information content (AvgIpc) is 2.55. The first kappa shape index (κ1) is 17.2. The maximum Gasteiger partial charge on any atom is 0.337 e. The van der Waals surface area contributed by atoms with Gasteiger partial charge in [0.05, 0.1) is 12.7 Å². The topological polar surface area (TPSA) is 91.2 Å². The first-order valence-electron chi connectivity index (χ1n) is 6.95. The van der Waals surface area contributed by atoms with Crippen LogP contribution in [0.3, 0.4) is 0 Å². The van der Waals surface area contributed by atoms with Crippen LogP contribution in [0, 0.1) is 11.3 Å². The number of hydrogen-bond donors (Lipinski definition) is 2. The molecule has 0 radical (unpaired) electrons. The number of methoxy groups -OCH3 is 1. The zero-order valence-electron chi connectivity index (χ0n) is 12.7. The molecule has 116 valence electrons. The van der Waals surface area contributed by atoms with Crippen molar-refractivity contribution in [2.45, 2.75) is 19.8 Å². The molecular formula is C16H19N3O3. The molecule has 0 aliphatic carbocycles. The number of rotatable bonds is 7. The summed E-state index contributed by atoms with van der Waals surface area (Å²) in [6.45, 7) is 2.56. The third-order valence-corrected chi connectivity index (χ3v) is 2.87. The Morgan fingerprint density at radius 3 is 2.55 bits per heavy atom. The fourth-order valence-electron chi connectivity index (χ4n) is 1.60. The molecule has 0 atom stereocenters. The summed E-state index contributed by atoms with van der Waals surface area (Å²) in [5.74, 6) is -0.829. The minimum absolute atomic E-state index is 0.00634. The Hall–Kier alpha value is -2.81. The van der Waals surface area contributed by atoms with Gasteiger partial charge in [-0.05, 0) is 30.7 Å². The summed E-state index contributed by atoms with van der Waals surface area (Å²) in [6.07, 6.45) is 3.18. The van der Waals surface area contributed by atoms with E-state index in [1.54, 1.807) is 24.3 Å². The van der Waals surface area contributed by atoms with Crippen molar-refractivity contribution in [1.82, 2.24) is 5.32 Å². The van der Waals surface area contributed by atoms with E-state index < -0.39 is 11.9 Å². The number of amides is 1. The highest BCUT2D eigenvalue weighted by molar-refractivity contribution is 5.97. The smallest absolute Gasteiger partial charge is 0.337 e. The van der Waals surface area contributed by atoms with E-state index in [0.29, 0.717) is 17.8 Å². The lowest BCUT2D eigenvalue weighted by Crippen LogP contribution is -2.25. The number of carbonyl (C=O) groups excluding carboxylic acids is 2. The molecule has 2 N–H and O–H groups in total. The maximum absolute atomic E-state index is 11.7. The van der Waals surface area contributed by atoms with Crippen LogP contribution in [0.2, 0.25) is 0 Å². The van der Waals surface area contributed by atoms with Crippen molar-refractivity contribution in [1.29, 1.82) is 5.26 Å². The number of hydrogen-bond acceptors (Lipinski definition) is 5. The first-order valence-corrected chi connectivity index (χ1v) is 6.95. The van der Waals surface area contributed by atoms with Gasteiger partial charge in [0.25, 0.3) is 5.91 Å². The number of nitrogens with zero attached hydrogens (tertiary/aromatic N) is 1. The zero-order valence-corrected chi connectivity index (χ0v) is 12.7. The van der Waals surface area contributed by atoms with Crippen molar-refractivity contribution in [2.24, 2.45) is 0 Å². The molecule has 6 heteroatoms. The minimum atomic E-state index is -0.421. The molecule has 0 aliphatic rings. The lowest BCUT2D eigenvalue weighted by Gasteiger charge is -2.05. The van der Waals surface area contributed by atoms with Gasteiger partial charge >= 0.3 is 5.97 Å². The fraction of sp³-hybridized carbons (Fsp3) is 0.312. The van der Waals surface area contributed by atoms with Gasteiger partial charge in [-0.2, -0.15) is 5.26 Å². The van der Waals surface area contributed by atoms with Crippen LogP contribution in [0.1, 0.15) is 30.1 Å². The predicted octanol–water partition coefficient (Wildman–Crippen LogP) is 2.21. The van der Waals surface area contributed by atoms with Gasteiger partial charge in [0, 0.05) is 18.4 Å². The third kappa shape index (κ3) is 5.29. The third-order valence-electron chi connectivity index (χ3n) is 2.87. The highest BCUT2D eigenvalue weighted by atomic mass is 16.5. The summed E-state index contributed by atoms with van der Waals surface area (Å²) in [5.41, 5.74) is 1.07. The van der Waals surface area contributed by atoms with E-state index >= 15 is 0 Å². The van der Waals surface area contributed by atoms with Crippen LogP contribution in [0.5, 0.6) is 0 Å². The minimum Gasteiger partial charge on any atom is -0.465 e. The van der Waals surface area contributed by atoms with Crippen molar-refractivity contribution in [3.05, 3.63) is 41.6 Å². The lowest BCUT2D eigenvalue weighted by atomic mass is 10.2. The maximum atomic E-state index is 11.7. The molecule has 0 aliphatic heterocycles. The van der Waals surface area contributed by atoms with E-state index in [9.17, 15) is 9.59 Å². The van der Waals surface area contributed by atoms with E-state index in [0.717, 1.165) is 12.8 Å². The number of nitriles is 1. The Morgan fingerprint density at radius 1 is 1.32 bits per heavy atom. The molecule has 1 amide bonds. The van der Waals surface area contributed by atoms with Gasteiger partial charge in [0.2, 0.25) is 0 Å². The standard InChI is InChI=1S/C16H19N3O3/c1-3-4-9-18-15(20)13(10-17)11-19-14-7-5-12(6-8-14)16(21)22-2/h5-8,11,19H,3-4,9H2,1-2H3,(H,18,20)/b13-11+. The van der Waals surface area contributed by atoms with Gasteiger partial charge in [-0.25, -0.2) is 4.79 Å². The number of carbonyl (C=O) groups is 2. The second kappa shape index (κ2) is 9.19. The van der Waals surface area contributed by atoms with Crippen molar-refractivity contribution < 1.29 is 14.3 Å². The largest absolute Gasteiger partial charge is 0.465 e. The monoisotopic (exact) mass is 301 g/mol. The summed E-state index contributed by atoms with van der Waals surface area (Å²) in [6, 6.07) is 8.35. The molecule has 0 aromatic heterocycles. The normalized spacial score (nSPS) is 10.5. The average molecular weight is 301 g/mol. The van der Waals surface area contributed by atoms with E-state index in [4.69, 9.17) is 5.26 Å². The molecule has 0 heterocycles. The Morgan fingerprint density at radius 2 is 2.00 bits per heavy atom. The van der Waals surface area contributed by atoms with Crippen LogP contribution >= 0.6 is 0 Å². The van der Waals surface area contributed by atoms with Crippen LogP contribution < -0.4 is 10.6 Å². The molecule has 1 aromatic rings. The number of unbranched alkanes of at least 4 members (excludes halogenated alkanes) is 1. The first-order chi connectivity index (χ1) is 10.6. The Kier molecular flexibility index (Phi) is 7.20. The number of esters is 1. The van der Waals surface area contributed by atoms with E-state index in [-0.39, 0.29) is 5.57 Å². The molecular weight excluding hydrogens is 282 g/mol. The summed E-state index contributed by atoms with van der Waals surface area (Å²) in [5, 5.41) is 14.5. The molecule has 0 saturated heterocycles. The molecule has 0 unspecified atom stereocenters. The summed E-state index contributed by atoms with van der Waals surface area (Å²) < 4.78 is 4.60. The van der Waals surface area contributed by atoms with Gasteiger partial charge < -0.3 is 15.4 Å². The summed E-state index contributed by atoms with van der Waals surface area (Å²) in [7, 11) is 1.31. The number of benzene rings is 1. The quantitative estimate of drug-likeness (QED) is 0.349. The molecule has 0 spiro atoms. The molecule has 1 rings (SSSR count). The second-order valence-electron chi connectivity index (χ2n) is 4.49. The van der Waals surface area contributed by atoms with E-state index in [2.05, 4.69) is 15.4 Å². The van der Waals surface area contributed by atoms with Crippen LogP contribution in [-0.2, 0) is 9.53 Å². The van der Waals surface area contributed by atoms with E-state index in [1.807, 2.05) is 13.0 Å². The molecule has 6 nitrogen and oxygen atoms in total. The van der Waals surface area contributed by atoms with Gasteiger partial charge in [0.1, 0.15) is 11.6 Å². The molecule has 0 fully saturated rings.